The van der Waals surface area contributed by atoms with Crippen molar-refractivity contribution in [2.45, 2.75) is 83.7 Å². The number of nitrogen functional groups attached to an aromatic ring is 1. The molecule has 0 bridgehead atoms. The van der Waals surface area contributed by atoms with Crippen LogP contribution in [0.2, 0.25) is 0 Å². The molecule has 2 aromatic heterocycles. The molecule has 1 aliphatic heterocycles. The highest BCUT2D eigenvalue weighted by molar-refractivity contribution is 7.90. The number of nitrogens with two attached hydrogens (primary N) is 1. The molecule has 1 fully saturated rings. The molecule has 3 heterocycles. The molecule has 1 aliphatic rings. The zero-order valence-corrected chi connectivity index (χ0v) is 23.2. The second-order valence-electron chi connectivity index (χ2n) is 11.3. The molecule has 0 spiro atoms. The van der Waals surface area contributed by atoms with Crippen LogP contribution in [-0.2, 0) is 15.4 Å². The second-order valence-corrected chi connectivity index (χ2v) is 12.9. The highest BCUT2D eigenvalue weighted by atomic mass is 32.2. The summed E-state index contributed by atoms with van der Waals surface area (Å²) in [4.78, 5) is 24.7. The summed E-state index contributed by atoms with van der Waals surface area (Å²) < 4.78 is 28.2. The minimum absolute atomic E-state index is 0.0540. The van der Waals surface area contributed by atoms with Gasteiger partial charge in [-0.15, -0.1) is 0 Å². The number of carbonyl (C=O) groups is 1. The zero-order chi connectivity index (χ0) is 26.9. The third-order valence-corrected chi connectivity index (χ3v) is 7.55. The number of amides is 1. The summed E-state index contributed by atoms with van der Waals surface area (Å²) in [5.41, 5.74) is 7.01. The normalized spacial score (nSPS) is 18.1. The Hall–Kier alpha value is -2.94. The highest BCUT2D eigenvalue weighted by Crippen LogP contribution is 2.39. The number of sulfonamides is 1. The fourth-order valence-corrected chi connectivity index (χ4v) is 5.71. The van der Waals surface area contributed by atoms with E-state index in [2.05, 4.69) is 69.1 Å². The van der Waals surface area contributed by atoms with Crippen molar-refractivity contribution in [3.05, 3.63) is 47.2 Å². The van der Waals surface area contributed by atoms with Crippen molar-refractivity contribution in [1.29, 1.82) is 0 Å². The predicted octanol–water partition coefficient (Wildman–Crippen LogP) is 4.91. The van der Waals surface area contributed by atoms with Crippen LogP contribution in [0.5, 0.6) is 0 Å². The molecule has 196 valence electrons. The highest BCUT2D eigenvalue weighted by Gasteiger charge is 2.40. The predicted molar refractivity (Wildman–Crippen MR) is 145 cm³/mol. The first-order valence-corrected chi connectivity index (χ1v) is 13.9. The van der Waals surface area contributed by atoms with Crippen LogP contribution in [0, 0.1) is 5.92 Å². The standard InChI is InChI=1S/C27H39N5O3S/c1-8-9-10-12-19-15-20(25(33)31-36(34,35)22-14-11-13-21(28)29-22)24(30-23(19)26(3,4)5)32-17-18(2)16-27(32,6)7/h10-15,18H,8-9,16-17H2,1-7H3,(H2,28,29)(H,31,33). The number of hydrogen-bond donors (Lipinski definition) is 2. The van der Waals surface area contributed by atoms with Crippen LogP contribution in [0.15, 0.2) is 35.4 Å². The van der Waals surface area contributed by atoms with E-state index in [1.165, 1.54) is 18.2 Å². The SMILES string of the molecule is CCCC=Cc1cc(C(=O)NS(=O)(=O)c2cccc(N)n2)c(N2CC(C)CC2(C)C)nc1C(C)(C)C. The first kappa shape index (κ1) is 27.6. The summed E-state index contributed by atoms with van der Waals surface area (Å²) in [6.07, 6.45) is 6.85. The van der Waals surface area contributed by atoms with Gasteiger partial charge in [0, 0.05) is 17.5 Å². The van der Waals surface area contributed by atoms with Crippen LogP contribution in [0.1, 0.15) is 89.3 Å². The van der Waals surface area contributed by atoms with Crippen molar-refractivity contribution in [2.75, 3.05) is 17.2 Å². The van der Waals surface area contributed by atoms with E-state index in [0.29, 0.717) is 11.7 Å². The van der Waals surface area contributed by atoms with Gasteiger partial charge >= 0.3 is 0 Å². The molecule has 0 saturated carbocycles. The monoisotopic (exact) mass is 513 g/mol. The number of carbonyl (C=O) groups excluding carboxylic acids is 1. The molecule has 36 heavy (non-hydrogen) atoms. The summed E-state index contributed by atoms with van der Waals surface area (Å²) in [7, 11) is -4.24. The van der Waals surface area contributed by atoms with Crippen molar-refractivity contribution < 1.29 is 13.2 Å². The van der Waals surface area contributed by atoms with Gasteiger partial charge in [-0.3, -0.25) is 4.79 Å². The molecular weight excluding hydrogens is 474 g/mol. The maximum atomic E-state index is 13.6. The molecule has 2 aromatic rings. The lowest BCUT2D eigenvalue weighted by Gasteiger charge is -2.35. The molecule has 1 saturated heterocycles. The van der Waals surface area contributed by atoms with E-state index < -0.39 is 15.9 Å². The Morgan fingerprint density at radius 3 is 2.53 bits per heavy atom. The largest absolute Gasteiger partial charge is 0.384 e. The third kappa shape index (κ3) is 6.06. The van der Waals surface area contributed by atoms with E-state index in [1.807, 2.05) is 6.08 Å². The summed E-state index contributed by atoms with van der Waals surface area (Å²) in [5.74, 6) is 0.205. The maximum absolute atomic E-state index is 13.6. The van der Waals surface area contributed by atoms with Crippen molar-refractivity contribution in [1.82, 2.24) is 14.7 Å². The lowest BCUT2D eigenvalue weighted by Crippen LogP contribution is -2.41. The van der Waals surface area contributed by atoms with Gasteiger partial charge in [0.05, 0.1) is 11.3 Å². The average molecular weight is 514 g/mol. The van der Waals surface area contributed by atoms with Crippen molar-refractivity contribution >= 4 is 33.6 Å². The number of nitrogens with zero attached hydrogens (tertiary/aromatic N) is 3. The summed E-state index contributed by atoms with van der Waals surface area (Å²) in [6.45, 7) is 15.5. The topological polar surface area (TPSA) is 118 Å². The van der Waals surface area contributed by atoms with E-state index in [0.717, 1.165) is 37.1 Å². The summed E-state index contributed by atoms with van der Waals surface area (Å²) >= 11 is 0. The number of rotatable bonds is 7. The maximum Gasteiger partial charge on any atom is 0.281 e. The molecule has 0 aromatic carbocycles. The molecule has 1 amide bonds. The molecule has 8 nitrogen and oxygen atoms in total. The molecule has 1 atom stereocenters. The Bertz CT molecular complexity index is 1260. The first-order chi connectivity index (χ1) is 16.7. The number of allylic oxidation sites excluding steroid dienone is 1. The first-order valence-electron chi connectivity index (χ1n) is 12.4. The van der Waals surface area contributed by atoms with Crippen molar-refractivity contribution in [3.63, 3.8) is 0 Å². The minimum atomic E-state index is -4.24. The number of pyridine rings is 2. The molecule has 1 unspecified atom stereocenters. The van der Waals surface area contributed by atoms with Crippen LogP contribution in [0.25, 0.3) is 6.08 Å². The van der Waals surface area contributed by atoms with E-state index in [9.17, 15) is 13.2 Å². The van der Waals surface area contributed by atoms with Crippen molar-refractivity contribution in [3.8, 4) is 0 Å². The second kappa shape index (κ2) is 10.2. The van der Waals surface area contributed by atoms with Gasteiger partial charge < -0.3 is 10.6 Å². The average Bonchev–Trinajstić information content (AvgIpc) is 3.04. The Balaban J connectivity index is 2.18. The Morgan fingerprint density at radius 1 is 1.28 bits per heavy atom. The summed E-state index contributed by atoms with van der Waals surface area (Å²) in [5, 5.41) is -0.310. The van der Waals surface area contributed by atoms with E-state index >= 15 is 0 Å². The van der Waals surface area contributed by atoms with E-state index in [-0.39, 0.29) is 27.4 Å². The van der Waals surface area contributed by atoms with Gasteiger partial charge in [-0.1, -0.05) is 59.3 Å². The molecule has 3 rings (SSSR count). The number of unbranched alkanes of at least 4 members (excludes halogenated alkanes) is 1. The van der Waals surface area contributed by atoms with Gasteiger partial charge in [-0.25, -0.2) is 14.7 Å². The Labute approximate surface area is 215 Å². The van der Waals surface area contributed by atoms with Crippen LogP contribution in [0.4, 0.5) is 11.6 Å². The summed E-state index contributed by atoms with van der Waals surface area (Å²) in [6, 6.07) is 6.04. The fourth-order valence-electron chi connectivity index (χ4n) is 4.77. The van der Waals surface area contributed by atoms with Gasteiger partial charge in [0.2, 0.25) is 0 Å². The van der Waals surface area contributed by atoms with Gasteiger partial charge in [-0.2, -0.15) is 8.42 Å². The molecular formula is C27H39N5O3S. The van der Waals surface area contributed by atoms with Gasteiger partial charge in [0.15, 0.2) is 5.03 Å². The van der Waals surface area contributed by atoms with Gasteiger partial charge in [0.1, 0.15) is 11.6 Å². The quantitative estimate of drug-likeness (QED) is 0.540. The van der Waals surface area contributed by atoms with Crippen LogP contribution in [0.3, 0.4) is 0 Å². The Kier molecular flexibility index (Phi) is 7.83. The van der Waals surface area contributed by atoms with Crippen LogP contribution in [-0.4, -0.2) is 36.4 Å². The third-order valence-electron chi connectivity index (χ3n) is 6.32. The number of nitrogens with one attached hydrogen (secondary N) is 1. The lowest BCUT2D eigenvalue weighted by atomic mass is 9.87. The van der Waals surface area contributed by atoms with E-state index in [4.69, 9.17) is 10.7 Å². The fraction of sp³-hybridized carbons (Fsp3) is 0.519. The molecule has 9 heteroatoms. The number of anilines is 2. The van der Waals surface area contributed by atoms with Crippen LogP contribution < -0.4 is 15.4 Å². The zero-order valence-electron chi connectivity index (χ0n) is 22.4. The molecule has 0 aliphatic carbocycles. The number of aromatic nitrogens is 2. The lowest BCUT2D eigenvalue weighted by molar-refractivity contribution is 0.0981. The van der Waals surface area contributed by atoms with Crippen molar-refractivity contribution in [2.24, 2.45) is 5.92 Å². The smallest absolute Gasteiger partial charge is 0.281 e. The molecule has 0 radical (unpaired) electrons. The number of hydrogen-bond acceptors (Lipinski definition) is 7. The molecule has 3 N–H and O–H groups in total. The van der Waals surface area contributed by atoms with Gasteiger partial charge in [-0.05, 0) is 56.4 Å². The van der Waals surface area contributed by atoms with E-state index in [1.54, 1.807) is 6.07 Å². The Morgan fingerprint density at radius 2 is 1.97 bits per heavy atom. The van der Waals surface area contributed by atoms with Crippen LogP contribution >= 0.6 is 0 Å². The van der Waals surface area contributed by atoms with Gasteiger partial charge in [0.25, 0.3) is 15.9 Å². The minimum Gasteiger partial charge on any atom is -0.384 e.